The van der Waals surface area contributed by atoms with Crippen molar-refractivity contribution in [1.82, 2.24) is 16.0 Å². The summed E-state index contributed by atoms with van der Waals surface area (Å²) in [6.45, 7) is 1.49. The van der Waals surface area contributed by atoms with E-state index in [0.717, 1.165) is 18.7 Å². The molecule has 0 radical (unpaired) electrons. The number of urea groups is 1. The van der Waals surface area contributed by atoms with Crippen LogP contribution in [0, 0.1) is 5.92 Å². The Morgan fingerprint density at radius 3 is 3.29 bits per heavy atom. The van der Waals surface area contributed by atoms with E-state index in [-0.39, 0.29) is 11.3 Å². The van der Waals surface area contributed by atoms with Gasteiger partial charge < -0.3 is 20.7 Å². The molecule has 2 amide bonds. The number of fused-ring (bicyclic) bond motifs is 1. The largest absolute Gasteiger partial charge is 0.381 e. The van der Waals surface area contributed by atoms with Crippen molar-refractivity contribution < 1.29 is 9.53 Å². The third kappa shape index (κ3) is 1.87. The number of nitrogens with zero attached hydrogens (tertiary/aromatic N) is 1. The van der Waals surface area contributed by atoms with Gasteiger partial charge in [-0.25, -0.2) is 9.79 Å². The van der Waals surface area contributed by atoms with Gasteiger partial charge in [0.25, 0.3) is 0 Å². The van der Waals surface area contributed by atoms with E-state index in [2.05, 4.69) is 20.9 Å². The van der Waals surface area contributed by atoms with Crippen molar-refractivity contribution in [3.05, 3.63) is 11.9 Å². The summed E-state index contributed by atoms with van der Waals surface area (Å²) in [5, 5.41) is 8.65. The fourth-order valence-corrected chi connectivity index (χ4v) is 2.65. The maximum Gasteiger partial charge on any atom is 0.321 e. The van der Waals surface area contributed by atoms with Crippen LogP contribution in [0.25, 0.3) is 0 Å². The summed E-state index contributed by atoms with van der Waals surface area (Å²) < 4.78 is 5.35. The number of aliphatic imine (C=N–C) groups is 1. The summed E-state index contributed by atoms with van der Waals surface area (Å²) in [6.07, 6.45) is 3.38. The van der Waals surface area contributed by atoms with E-state index in [0.29, 0.717) is 18.9 Å². The number of amidine groups is 1. The molecule has 0 aromatic carbocycles. The predicted octanol–water partition coefficient (Wildman–Crippen LogP) is 0.461. The first-order valence-corrected chi connectivity index (χ1v) is 5.95. The summed E-state index contributed by atoms with van der Waals surface area (Å²) >= 11 is 5.89. The Balaban J connectivity index is 1.87. The zero-order valence-corrected chi connectivity index (χ0v) is 9.88. The van der Waals surface area contributed by atoms with E-state index in [4.69, 9.17) is 16.3 Å². The molecular weight excluding hydrogens is 244 g/mol. The summed E-state index contributed by atoms with van der Waals surface area (Å²) in [5.74, 6) is 0.393. The van der Waals surface area contributed by atoms with Gasteiger partial charge in [-0.15, -0.1) is 0 Å². The fourth-order valence-electron chi connectivity index (χ4n) is 2.46. The highest BCUT2D eigenvalue weighted by atomic mass is 35.5. The minimum atomic E-state index is -0.738. The molecule has 17 heavy (non-hydrogen) atoms. The lowest BCUT2D eigenvalue weighted by Crippen LogP contribution is -2.46. The van der Waals surface area contributed by atoms with Crippen LogP contribution >= 0.6 is 11.6 Å². The zero-order valence-electron chi connectivity index (χ0n) is 9.12. The molecule has 2 atom stereocenters. The number of carbonyl (C=O) groups is 1. The van der Waals surface area contributed by atoms with Gasteiger partial charge in [0.2, 0.25) is 0 Å². The van der Waals surface area contributed by atoms with Crippen LogP contribution in [0.3, 0.4) is 0 Å². The molecule has 0 bridgehead atoms. The SMILES string of the molecule is O=C1NC2=CNC(Cl)=NC2(CC2CCOC2)N1. The number of carbonyl (C=O) groups excluding carboxylic acids is 1. The van der Waals surface area contributed by atoms with Gasteiger partial charge >= 0.3 is 6.03 Å². The van der Waals surface area contributed by atoms with E-state index in [1.165, 1.54) is 0 Å². The summed E-state index contributed by atoms with van der Waals surface area (Å²) in [4.78, 5) is 15.8. The molecule has 3 N–H and O–H groups in total. The molecule has 3 aliphatic heterocycles. The summed E-state index contributed by atoms with van der Waals surface area (Å²) in [6, 6.07) is -0.243. The van der Waals surface area contributed by atoms with Crippen molar-refractivity contribution in [2.75, 3.05) is 13.2 Å². The normalized spacial score (nSPS) is 35.4. The quantitative estimate of drug-likeness (QED) is 0.629. The van der Waals surface area contributed by atoms with Crippen LogP contribution in [0.2, 0.25) is 0 Å². The number of hydrogen-bond donors (Lipinski definition) is 3. The molecular formula is C10H13ClN4O2. The molecule has 2 fully saturated rings. The van der Waals surface area contributed by atoms with Crippen molar-refractivity contribution in [3.8, 4) is 0 Å². The highest BCUT2D eigenvalue weighted by Crippen LogP contribution is 2.33. The van der Waals surface area contributed by atoms with E-state index in [1.54, 1.807) is 6.20 Å². The molecule has 6 nitrogen and oxygen atoms in total. The van der Waals surface area contributed by atoms with Crippen molar-refractivity contribution in [1.29, 1.82) is 0 Å². The molecule has 0 aromatic rings. The molecule has 2 saturated heterocycles. The Morgan fingerprint density at radius 2 is 2.53 bits per heavy atom. The van der Waals surface area contributed by atoms with E-state index >= 15 is 0 Å². The molecule has 0 spiro atoms. The van der Waals surface area contributed by atoms with Gasteiger partial charge in [0, 0.05) is 25.8 Å². The van der Waals surface area contributed by atoms with Crippen LogP contribution < -0.4 is 16.0 Å². The molecule has 0 aliphatic carbocycles. The van der Waals surface area contributed by atoms with E-state index in [1.807, 2.05) is 0 Å². The topological polar surface area (TPSA) is 74.8 Å². The Morgan fingerprint density at radius 1 is 1.65 bits per heavy atom. The number of nitrogens with one attached hydrogen (secondary N) is 3. The molecule has 7 heteroatoms. The maximum atomic E-state index is 11.5. The van der Waals surface area contributed by atoms with Crippen LogP contribution in [-0.4, -0.2) is 30.2 Å². The minimum absolute atomic E-state index is 0.243. The van der Waals surface area contributed by atoms with Crippen LogP contribution in [0.5, 0.6) is 0 Å². The molecule has 0 saturated carbocycles. The lowest BCUT2D eigenvalue weighted by molar-refractivity contribution is 0.178. The van der Waals surface area contributed by atoms with Gasteiger partial charge in [0.05, 0.1) is 5.70 Å². The van der Waals surface area contributed by atoms with Crippen LogP contribution in [-0.2, 0) is 4.74 Å². The number of rotatable bonds is 2. The predicted molar refractivity (Wildman–Crippen MR) is 62.4 cm³/mol. The second-order valence-corrected chi connectivity index (χ2v) is 4.84. The maximum absolute atomic E-state index is 11.5. The summed E-state index contributed by atoms with van der Waals surface area (Å²) in [7, 11) is 0. The Bertz CT molecular complexity index is 417. The van der Waals surface area contributed by atoms with Gasteiger partial charge in [0.1, 0.15) is 0 Å². The molecule has 3 rings (SSSR count). The van der Waals surface area contributed by atoms with E-state index in [9.17, 15) is 4.79 Å². The molecule has 3 aliphatic rings. The molecule has 92 valence electrons. The Kier molecular flexibility index (Phi) is 2.48. The second kappa shape index (κ2) is 3.89. The molecule has 2 unspecified atom stereocenters. The van der Waals surface area contributed by atoms with Gasteiger partial charge in [-0.2, -0.15) is 0 Å². The lowest BCUT2D eigenvalue weighted by Gasteiger charge is -2.30. The smallest absolute Gasteiger partial charge is 0.321 e. The lowest BCUT2D eigenvalue weighted by atomic mass is 9.92. The third-order valence-corrected chi connectivity index (χ3v) is 3.44. The van der Waals surface area contributed by atoms with Gasteiger partial charge in [-0.05, 0) is 23.9 Å². The molecule has 0 aromatic heterocycles. The number of halogens is 1. The molecule has 3 heterocycles. The monoisotopic (exact) mass is 256 g/mol. The fraction of sp³-hybridized carbons (Fsp3) is 0.600. The summed E-state index contributed by atoms with van der Waals surface area (Å²) in [5.41, 5.74) is -0.0172. The van der Waals surface area contributed by atoms with Gasteiger partial charge in [0.15, 0.2) is 11.0 Å². The van der Waals surface area contributed by atoms with Crippen molar-refractivity contribution in [2.45, 2.75) is 18.5 Å². The Labute approximate surface area is 103 Å². The first-order chi connectivity index (χ1) is 8.18. The van der Waals surface area contributed by atoms with Gasteiger partial charge in [-0.3, -0.25) is 0 Å². The third-order valence-electron chi connectivity index (χ3n) is 3.25. The van der Waals surface area contributed by atoms with Crippen LogP contribution in [0.4, 0.5) is 4.79 Å². The average Bonchev–Trinajstić information content (AvgIpc) is 2.84. The van der Waals surface area contributed by atoms with Crippen molar-refractivity contribution in [2.24, 2.45) is 10.9 Å². The second-order valence-electron chi connectivity index (χ2n) is 4.48. The minimum Gasteiger partial charge on any atom is -0.381 e. The van der Waals surface area contributed by atoms with E-state index < -0.39 is 5.66 Å². The van der Waals surface area contributed by atoms with Crippen LogP contribution in [0.1, 0.15) is 12.8 Å². The number of hydrogen-bond acceptors (Lipinski definition) is 4. The number of ether oxygens (including phenoxy) is 1. The zero-order chi connectivity index (χ0) is 11.9. The van der Waals surface area contributed by atoms with Crippen molar-refractivity contribution in [3.63, 3.8) is 0 Å². The standard InChI is InChI=1S/C10H13ClN4O2/c11-8-12-4-7-10(14-8,15-9(16)13-7)3-6-1-2-17-5-6/h4,6H,1-3,5H2,(H,12,14)(H2,13,15,16). The highest BCUT2D eigenvalue weighted by molar-refractivity contribution is 6.65. The first-order valence-electron chi connectivity index (χ1n) is 5.57. The van der Waals surface area contributed by atoms with Crippen molar-refractivity contribution >= 4 is 22.9 Å². The highest BCUT2D eigenvalue weighted by Gasteiger charge is 2.46. The van der Waals surface area contributed by atoms with Gasteiger partial charge in [-0.1, -0.05) is 0 Å². The van der Waals surface area contributed by atoms with Crippen LogP contribution in [0.15, 0.2) is 16.9 Å². The average molecular weight is 257 g/mol. The number of amides is 2. The first kappa shape index (κ1) is 10.9. The Hall–Kier alpha value is -1.27.